The number of ether oxygens (including phenoxy) is 5. The fourth-order valence-corrected chi connectivity index (χ4v) is 1.36. The highest BCUT2D eigenvalue weighted by Gasteiger charge is 2.16. The average molecular weight is 284 g/mol. The van der Waals surface area contributed by atoms with E-state index < -0.39 is 12.3 Å². The monoisotopic (exact) mass is 284 g/mol. The number of hydrogen-bond donors (Lipinski definition) is 0. The van der Waals surface area contributed by atoms with E-state index in [0.29, 0.717) is 19.0 Å². The number of benzene rings is 1. The summed E-state index contributed by atoms with van der Waals surface area (Å²) < 4.78 is 25.2. The quantitative estimate of drug-likeness (QED) is 0.509. The molecule has 1 atom stereocenters. The largest absolute Gasteiger partial charge is 0.508 e. The van der Waals surface area contributed by atoms with Crippen LogP contribution in [0.15, 0.2) is 30.3 Å². The first kappa shape index (κ1) is 16.3. The molecular weight excluding hydrogens is 264 g/mol. The first-order chi connectivity index (χ1) is 9.76. The molecule has 0 fully saturated rings. The second kappa shape index (κ2) is 10.1. The highest BCUT2D eigenvalue weighted by atomic mass is 16.7. The third kappa shape index (κ3) is 6.96. The van der Waals surface area contributed by atoms with Crippen LogP contribution in [0.4, 0.5) is 4.79 Å². The first-order valence-corrected chi connectivity index (χ1v) is 6.25. The maximum absolute atomic E-state index is 11.1. The Bertz CT molecular complexity index is 367. The van der Waals surface area contributed by atoms with Gasteiger partial charge in [-0.3, -0.25) is 0 Å². The predicted molar refractivity (Wildman–Crippen MR) is 71.9 cm³/mol. The van der Waals surface area contributed by atoms with Gasteiger partial charge < -0.3 is 23.7 Å². The lowest BCUT2D eigenvalue weighted by Crippen LogP contribution is -2.30. The molecule has 1 aromatic carbocycles. The second-order valence-electron chi connectivity index (χ2n) is 3.89. The van der Waals surface area contributed by atoms with Crippen molar-refractivity contribution in [1.29, 1.82) is 0 Å². The van der Waals surface area contributed by atoms with Gasteiger partial charge in [0.05, 0.1) is 26.9 Å². The van der Waals surface area contributed by atoms with Gasteiger partial charge in [-0.05, 0) is 12.1 Å². The molecule has 0 aliphatic heterocycles. The summed E-state index contributed by atoms with van der Waals surface area (Å²) in [6.45, 7) is 1.30. The van der Waals surface area contributed by atoms with Crippen LogP contribution in [0.3, 0.4) is 0 Å². The molecule has 0 aliphatic rings. The van der Waals surface area contributed by atoms with Crippen molar-refractivity contribution in [2.45, 2.75) is 6.10 Å². The Morgan fingerprint density at radius 3 is 2.50 bits per heavy atom. The van der Waals surface area contributed by atoms with Crippen molar-refractivity contribution >= 4 is 6.16 Å². The van der Waals surface area contributed by atoms with Crippen LogP contribution in [0.25, 0.3) is 0 Å². The van der Waals surface area contributed by atoms with E-state index in [4.69, 9.17) is 18.9 Å². The van der Waals surface area contributed by atoms with E-state index in [1.54, 1.807) is 7.11 Å². The molecule has 1 rings (SSSR count). The fourth-order valence-electron chi connectivity index (χ4n) is 1.36. The number of rotatable bonds is 9. The van der Waals surface area contributed by atoms with E-state index in [0.717, 1.165) is 0 Å². The lowest BCUT2D eigenvalue weighted by atomic mass is 10.3. The molecule has 0 aromatic heterocycles. The third-order valence-electron chi connectivity index (χ3n) is 2.34. The highest BCUT2D eigenvalue weighted by molar-refractivity contribution is 5.59. The number of carbonyl (C=O) groups excluding carboxylic acids is 1. The normalized spacial score (nSPS) is 11.7. The van der Waals surface area contributed by atoms with Crippen molar-refractivity contribution < 1.29 is 28.5 Å². The summed E-state index contributed by atoms with van der Waals surface area (Å²) >= 11 is 0. The molecule has 0 aliphatic carbocycles. The highest BCUT2D eigenvalue weighted by Crippen LogP contribution is 2.09. The molecule has 6 heteroatoms. The van der Waals surface area contributed by atoms with Gasteiger partial charge in [0.1, 0.15) is 12.4 Å². The lowest BCUT2D eigenvalue weighted by molar-refractivity contribution is -0.0339. The van der Waals surface area contributed by atoms with Gasteiger partial charge in [0, 0.05) is 7.11 Å². The molecule has 1 unspecified atom stereocenters. The molecule has 0 spiro atoms. The molecule has 0 bridgehead atoms. The van der Waals surface area contributed by atoms with E-state index in [1.165, 1.54) is 7.11 Å². The Balaban J connectivity index is 2.38. The van der Waals surface area contributed by atoms with E-state index in [-0.39, 0.29) is 13.2 Å². The van der Waals surface area contributed by atoms with Gasteiger partial charge in [-0.15, -0.1) is 0 Å². The van der Waals surface area contributed by atoms with Gasteiger partial charge in [0.15, 0.2) is 6.10 Å². The van der Waals surface area contributed by atoms with Crippen molar-refractivity contribution in [3.8, 4) is 5.75 Å². The number of hydrogen-bond acceptors (Lipinski definition) is 6. The van der Waals surface area contributed by atoms with Crippen molar-refractivity contribution in [3.63, 3.8) is 0 Å². The van der Waals surface area contributed by atoms with Crippen molar-refractivity contribution in [2.75, 3.05) is 40.6 Å². The molecule has 0 radical (unpaired) electrons. The Hall–Kier alpha value is -1.79. The van der Waals surface area contributed by atoms with Gasteiger partial charge in [0.25, 0.3) is 0 Å². The van der Waals surface area contributed by atoms with Crippen LogP contribution in [-0.2, 0) is 18.9 Å². The second-order valence-corrected chi connectivity index (χ2v) is 3.89. The minimum absolute atomic E-state index is 0.187. The van der Waals surface area contributed by atoms with Crippen LogP contribution >= 0.6 is 0 Å². The van der Waals surface area contributed by atoms with Crippen LogP contribution < -0.4 is 4.74 Å². The zero-order valence-electron chi connectivity index (χ0n) is 11.7. The lowest BCUT2D eigenvalue weighted by Gasteiger charge is -2.17. The summed E-state index contributed by atoms with van der Waals surface area (Å²) in [7, 11) is 2.84. The van der Waals surface area contributed by atoms with Crippen LogP contribution in [0.1, 0.15) is 0 Å². The minimum Gasteiger partial charge on any atom is -0.490 e. The summed E-state index contributed by atoms with van der Waals surface area (Å²) in [5.41, 5.74) is 0. The molecule has 0 N–H and O–H groups in total. The van der Waals surface area contributed by atoms with Crippen molar-refractivity contribution in [3.05, 3.63) is 30.3 Å². The molecule has 0 saturated heterocycles. The summed E-state index contributed by atoms with van der Waals surface area (Å²) in [4.78, 5) is 11.1. The minimum atomic E-state index is -0.762. The smallest absolute Gasteiger partial charge is 0.490 e. The van der Waals surface area contributed by atoms with Gasteiger partial charge >= 0.3 is 6.16 Å². The molecule has 112 valence electrons. The van der Waals surface area contributed by atoms with Crippen molar-refractivity contribution in [2.24, 2.45) is 0 Å². The SMILES string of the molecule is COCCOCC(COc1ccccc1)OC(=O)OC. The Morgan fingerprint density at radius 2 is 1.85 bits per heavy atom. The van der Waals surface area contributed by atoms with Gasteiger partial charge in [-0.1, -0.05) is 18.2 Å². The zero-order valence-corrected chi connectivity index (χ0v) is 11.7. The molecule has 0 amide bonds. The Morgan fingerprint density at radius 1 is 1.10 bits per heavy atom. The first-order valence-electron chi connectivity index (χ1n) is 6.25. The number of methoxy groups -OCH3 is 2. The maximum atomic E-state index is 11.1. The standard InChI is InChI=1S/C14H20O6/c1-16-8-9-18-10-13(20-14(15)17-2)11-19-12-6-4-3-5-7-12/h3-7,13H,8-11H2,1-2H3. The summed E-state index contributed by atoms with van der Waals surface area (Å²) in [6, 6.07) is 9.26. The summed E-state index contributed by atoms with van der Waals surface area (Å²) in [5.74, 6) is 0.697. The Kier molecular flexibility index (Phi) is 8.17. The van der Waals surface area contributed by atoms with E-state index >= 15 is 0 Å². The zero-order chi connectivity index (χ0) is 14.6. The van der Waals surface area contributed by atoms with E-state index in [2.05, 4.69) is 4.74 Å². The van der Waals surface area contributed by atoms with Crippen LogP contribution in [0.2, 0.25) is 0 Å². The summed E-state index contributed by atoms with van der Waals surface area (Å²) in [6.07, 6.45) is -1.30. The molecule has 0 heterocycles. The number of para-hydroxylation sites is 1. The fraction of sp³-hybridized carbons (Fsp3) is 0.500. The van der Waals surface area contributed by atoms with E-state index in [9.17, 15) is 4.79 Å². The predicted octanol–water partition coefficient (Wildman–Crippen LogP) is 1.88. The molecular formula is C14H20O6. The third-order valence-corrected chi connectivity index (χ3v) is 2.34. The van der Waals surface area contributed by atoms with Crippen molar-refractivity contribution in [1.82, 2.24) is 0 Å². The van der Waals surface area contributed by atoms with Gasteiger partial charge in [-0.25, -0.2) is 4.79 Å². The number of carbonyl (C=O) groups is 1. The van der Waals surface area contributed by atoms with Crippen LogP contribution in [0, 0.1) is 0 Å². The molecule has 6 nitrogen and oxygen atoms in total. The Labute approximate surface area is 118 Å². The van der Waals surface area contributed by atoms with Crippen LogP contribution in [-0.4, -0.2) is 52.9 Å². The maximum Gasteiger partial charge on any atom is 0.508 e. The van der Waals surface area contributed by atoms with Gasteiger partial charge in [0.2, 0.25) is 0 Å². The molecule has 1 aromatic rings. The van der Waals surface area contributed by atoms with Gasteiger partial charge in [-0.2, -0.15) is 0 Å². The average Bonchev–Trinajstić information content (AvgIpc) is 2.49. The molecule has 20 heavy (non-hydrogen) atoms. The molecule has 0 saturated carbocycles. The topological polar surface area (TPSA) is 63.2 Å². The summed E-state index contributed by atoms with van der Waals surface area (Å²) in [5, 5.41) is 0. The van der Waals surface area contributed by atoms with Crippen LogP contribution in [0.5, 0.6) is 5.75 Å². The van der Waals surface area contributed by atoms with E-state index in [1.807, 2.05) is 30.3 Å².